The van der Waals surface area contributed by atoms with Gasteiger partial charge >= 0.3 is 0 Å². The number of hydrogen-bond donors (Lipinski definition) is 2. The molecule has 0 bridgehead atoms. The molecule has 0 radical (unpaired) electrons. The first-order valence-corrected chi connectivity index (χ1v) is 12.1. The molecular weight excluding hydrogens is 380 g/mol. The molecule has 6 nitrogen and oxygen atoms in total. The number of hydrogen-bond acceptors (Lipinski definition) is 5. The standard InChI is InChI=1S/C16H26N2O4S3/c1-12(2)11-18-9-8-15(25(18,21)22)10-16(23)13-4-6-14(7-5-13)17-24(3,19)20/h4-7,12,15-17,23H,8-11H2,1-3H3. The lowest BCUT2D eigenvalue weighted by Gasteiger charge is -2.20. The molecule has 0 aliphatic carbocycles. The minimum absolute atomic E-state index is 0.217. The van der Waals surface area contributed by atoms with Gasteiger partial charge in [0.2, 0.25) is 20.0 Å². The van der Waals surface area contributed by atoms with Crippen molar-refractivity contribution in [2.45, 2.75) is 37.2 Å². The van der Waals surface area contributed by atoms with E-state index in [1.54, 1.807) is 28.6 Å². The summed E-state index contributed by atoms with van der Waals surface area (Å²) in [5.41, 5.74) is 1.35. The van der Waals surface area contributed by atoms with Gasteiger partial charge in [-0.3, -0.25) is 4.72 Å². The number of nitrogens with one attached hydrogen (secondary N) is 1. The lowest BCUT2D eigenvalue weighted by molar-refractivity contribution is 0.392. The molecule has 2 atom stereocenters. The fourth-order valence-corrected chi connectivity index (χ4v) is 6.25. The molecular formula is C16H26N2O4S3. The Labute approximate surface area is 156 Å². The summed E-state index contributed by atoms with van der Waals surface area (Å²) in [5.74, 6) is 0.301. The maximum Gasteiger partial charge on any atom is 0.229 e. The highest BCUT2D eigenvalue weighted by Crippen LogP contribution is 2.34. The number of nitrogens with zero attached hydrogens (tertiary/aromatic N) is 1. The van der Waals surface area contributed by atoms with Gasteiger partial charge in [-0.2, -0.15) is 12.6 Å². The van der Waals surface area contributed by atoms with E-state index in [1.807, 2.05) is 13.8 Å². The zero-order valence-corrected chi connectivity index (χ0v) is 17.2. The van der Waals surface area contributed by atoms with Crippen LogP contribution in [0, 0.1) is 5.92 Å². The Balaban J connectivity index is 2.03. The van der Waals surface area contributed by atoms with Crippen LogP contribution >= 0.6 is 12.6 Å². The van der Waals surface area contributed by atoms with Crippen LogP contribution in [0.15, 0.2) is 24.3 Å². The highest BCUT2D eigenvalue weighted by atomic mass is 32.2. The van der Waals surface area contributed by atoms with Gasteiger partial charge in [-0.1, -0.05) is 26.0 Å². The quantitative estimate of drug-likeness (QED) is 0.682. The Morgan fingerprint density at radius 3 is 2.40 bits per heavy atom. The minimum Gasteiger partial charge on any atom is -0.284 e. The van der Waals surface area contributed by atoms with Crippen molar-refractivity contribution < 1.29 is 16.8 Å². The van der Waals surface area contributed by atoms with Gasteiger partial charge < -0.3 is 0 Å². The van der Waals surface area contributed by atoms with Crippen LogP contribution in [0.3, 0.4) is 0 Å². The second-order valence-corrected chi connectivity index (χ2v) is 11.5. The first-order chi connectivity index (χ1) is 11.5. The molecule has 0 aromatic heterocycles. The van der Waals surface area contributed by atoms with E-state index in [-0.39, 0.29) is 5.25 Å². The van der Waals surface area contributed by atoms with Gasteiger partial charge in [0.1, 0.15) is 0 Å². The normalized spacial score (nSPS) is 22.2. The van der Waals surface area contributed by atoms with E-state index in [4.69, 9.17) is 0 Å². The second kappa shape index (κ2) is 7.85. The molecule has 1 aromatic carbocycles. The van der Waals surface area contributed by atoms with Crippen molar-refractivity contribution in [3.8, 4) is 0 Å². The third kappa shape index (κ3) is 5.60. The molecule has 1 fully saturated rings. The van der Waals surface area contributed by atoms with Crippen molar-refractivity contribution >= 4 is 38.4 Å². The number of anilines is 1. The SMILES string of the molecule is CC(C)CN1CCC(CC(S)c2ccc(NS(C)(=O)=O)cc2)S1(=O)=O. The Morgan fingerprint density at radius 2 is 1.88 bits per heavy atom. The predicted octanol–water partition coefficient (Wildman–Crippen LogP) is 2.48. The summed E-state index contributed by atoms with van der Waals surface area (Å²) < 4.78 is 51.7. The van der Waals surface area contributed by atoms with Crippen molar-refractivity contribution in [3.63, 3.8) is 0 Å². The molecule has 1 heterocycles. The third-order valence-electron chi connectivity index (χ3n) is 4.14. The van der Waals surface area contributed by atoms with Gasteiger partial charge in [0.05, 0.1) is 11.5 Å². The van der Waals surface area contributed by atoms with Gasteiger partial charge in [-0.25, -0.2) is 21.1 Å². The van der Waals surface area contributed by atoms with Crippen LogP contribution < -0.4 is 4.72 Å². The van der Waals surface area contributed by atoms with Crippen molar-refractivity contribution in [3.05, 3.63) is 29.8 Å². The topological polar surface area (TPSA) is 83.6 Å². The smallest absolute Gasteiger partial charge is 0.229 e. The Morgan fingerprint density at radius 1 is 1.28 bits per heavy atom. The lowest BCUT2D eigenvalue weighted by atomic mass is 10.1. The van der Waals surface area contributed by atoms with Crippen LogP contribution in [0.2, 0.25) is 0 Å². The summed E-state index contributed by atoms with van der Waals surface area (Å²) in [6.07, 6.45) is 2.16. The molecule has 1 aliphatic rings. The van der Waals surface area contributed by atoms with E-state index in [2.05, 4.69) is 17.4 Å². The van der Waals surface area contributed by atoms with Crippen LogP contribution in [0.5, 0.6) is 0 Å². The van der Waals surface area contributed by atoms with Gasteiger partial charge in [-0.15, -0.1) is 0 Å². The first-order valence-electron chi connectivity index (χ1n) is 8.24. The van der Waals surface area contributed by atoms with Crippen LogP contribution in [0.4, 0.5) is 5.69 Å². The minimum atomic E-state index is -3.31. The highest BCUT2D eigenvalue weighted by molar-refractivity contribution is 7.92. The van der Waals surface area contributed by atoms with E-state index in [1.165, 1.54) is 0 Å². The van der Waals surface area contributed by atoms with Gasteiger partial charge in [-0.05, 0) is 36.5 Å². The summed E-state index contributed by atoms with van der Waals surface area (Å²) in [7, 11) is -6.58. The maximum atomic E-state index is 12.6. The van der Waals surface area contributed by atoms with Crippen LogP contribution in [-0.2, 0) is 20.0 Å². The number of benzene rings is 1. The average molecular weight is 407 g/mol. The Kier molecular flexibility index (Phi) is 6.45. The van der Waals surface area contributed by atoms with Crippen LogP contribution in [0.25, 0.3) is 0 Å². The maximum absolute atomic E-state index is 12.6. The molecule has 0 saturated carbocycles. The van der Waals surface area contributed by atoms with E-state index in [9.17, 15) is 16.8 Å². The van der Waals surface area contributed by atoms with Crippen LogP contribution in [-0.4, -0.2) is 45.7 Å². The molecule has 9 heteroatoms. The monoisotopic (exact) mass is 406 g/mol. The molecule has 1 aliphatic heterocycles. The highest BCUT2D eigenvalue weighted by Gasteiger charge is 2.39. The molecule has 2 rings (SSSR count). The second-order valence-electron chi connectivity index (χ2n) is 6.96. The zero-order valence-electron chi connectivity index (χ0n) is 14.7. The first kappa shape index (κ1) is 20.5. The molecule has 1 saturated heterocycles. The van der Waals surface area contributed by atoms with Gasteiger partial charge in [0, 0.05) is 24.0 Å². The van der Waals surface area contributed by atoms with Crippen molar-refractivity contribution in [1.82, 2.24) is 4.31 Å². The molecule has 142 valence electrons. The Bertz CT molecular complexity index is 789. The lowest BCUT2D eigenvalue weighted by Crippen LogP contribution is -2.32. The molecule has 1 aromatic rings. The largest absolute Gasteiger partial charge is 0.284 e. The van der Waals surface area contributed by atoms with Crippen molar-refractivity contribution in [2.24, 2.45) is 5.92 Å². The predicted molar refractivity (Wildman–Crippen MR) is 105 cm³/mol. The molecule has 2 unspecified atom stereocenters. The summed E-state index contributed by atoms with van der Waals surface area (Å²) >= 11 is 4.57. The van der Waals surface area contributed by atoms with E-state index < -0.39 is 25.3 Å². The number of thiol groups is 1. The number of rotatable bonds is 7. The molecule has 25 heavy (non-hydrogen) atoms. The van der Waals surface area contributed by atoms with Crippen molar-refractivity contribution in [1.29, 1.82) is 0 Å². The van der Waals surface area contributed by atoms with Gasteiger partial charge in [0.25, 0.3) is 0 Å². The summed E-state index contributed by atoms with van der Waals surface area (Å²) in [6.45, 7) is 5.15. The number of sulfonamides is 2. The zero-order chi connectivity index (χ0) is 18.8. The molecule has 0 spiro atoms. The Hall–Kier alpha value is -0.770. The van der Waals surface area contributed by atoms with Gasteiger partial charge in [0.15, 0.2) is 0 Å². The fraction of sp³-hybridized carbons (Fsp3) is 0.625. The van der Waals surface area contributed by atoms with E-state index in [0.29, 0.717) is 37.5 Å². The fourth-order valence-electron chi connectivity index (χ4n) is 2.99. The molecule has 1 N–H and O–H groups in total. The summed E-state index contributed by atoms with van der Waals surface area (Å²) in [4.78, 5) is 0. The molecule has 0 amide bonds. The summed E-state index contributed by atoms with van der Waals surface area (Å²) in [5, 5.41) is -0.631. The third-order valence-corrected chi connectivity index (χ3v) is 7.57. The van der Waals surface area contributed by atoms with E-state index in [0.717, 1.165) is 11.8 Å². The average Bonchev–Trinajstić information content (AvgIpc) is 2.73. The summed E-state index contributed by atoms with van der Waals surface area (Å²) in [6, 6.07) is 6.87. The van der Waals surface area contributed by atoms with Crippen molar-refractivity contribution in [2.75, 3.05) is 24.1 Å². The van der Waals surface area contributed by atoms with E-state index >= 15 is 0 Å². The van der Waals surface area contributed by atoms with Crippen LogP contribution in [0.1, 0.15) is 37.5 Å².